The van der Waals surface area contributed by atoms with Crippen LogP contribution in [0.1, 0.15) is 5.56 Å². The molecular weight excluding hydrogens is 252 g/mol. The van der Waals surface area contributed by atoms with E-state index in [-0.39, 0.29) is 0 Å². The summed E-state index contributed by atoms with van der Waals surface area (Å²) >= 11 is 7.38. The van der Waals surface area contributed by atoms with E-state index in [4.69, 9.17) is 22.6 Å². The Morgan fingerprint density at radius 1 is 1.12 bits per heavy atom. The van der Waals surface area contributed by atoms with Crippen molar-refractivity contribution in [2.24, 2.45) is 0 Å². The third-order valence-electron chi connectivity index (χ3n) is 2.18. The van der Waals surface area contributed by atoms with Crippen LogP contribution in [-0.2, 0) is 0 Å². The lowest BCUT2D eigenvalue weighted by molar-refractivity contribution is 1.39. The van der Waals surface area contributed by atoms with Gasteiger partial charge < -0.3 is 5.73 Å². The molecule has 0 radical (unpaired) electrons. The van der Waals surface area contributed by atoms with Crippen LogP contribution >= 0.6 is 23.4 Å². The van der Waals surface area contributed by atoms with E-state index in [1.165, 1.54) is 0 Å². The van der Waals surface area contributed by atoms with E-state index in [0.717, 1.165) is 9.79 Å². The molecule has 0 bridgehead atoms. The zero-order chi connectivity index (χ0) is 12.3. The molecule has 0 aromatic heterocycles. The summed E-state index contributed by atoms with van der Waals surface area (Å²) in [6, 6.07) is 14.9. The first-order valence-electron chi connectivity index (χ1n) is 4.92. The lowest BCUT2D eigenvalue weighted by Crippen LogP contribution is -1.87. The zero-order valence-corrected chi connectivity index (χ0v) is 10.4. The highest BCUT2D eigenvalue weighted by atomic mass is 35.5. The Bertz CT molecular complexity index is 573. The van der Waals surface area contributed by atoms with Crippen molar-refractivity contribution in [3.8, 4) is 6.07 Å². The van der Waals surface area contributed by atoms with Gasteiger partial charge in [-0.15, -0.1) is 0 Å². The van der Waals surface area contributed by atoms with Crippen molar-refractivity contribution in [3.05, 3.63) is 53.1 Å². The third kappa shape index (κ3) is 2.94. The Hall–Kier alpha value is -1.63. The second kappa shape index (κ2) is 5.13. The van der Waals surface area contributed by atoms with Crippen molar-refractivity contribution in [2.45, 2.75) is 9.79 Å². The molecule has 4 heteroatoms. The number of benzene rings is 2. The van der Waals surface area contributed by atoms with E-state index >= 15 is 0 Å². The summed E-state index contributed by atoms with van der Waals surface area (Å²) < 4.78 is 0. The molecule has 0 aliphatic carbocycles. The van der Waals surface area contributed by atoms with Crippen LogP contribution in [0, 0.1) is 11.3 Å². The predicted molar refractivity (Wildman–Crippen MR) is 71.1 cm³/mol. The van der Waals surface area contributed by atoms with Gasteiger partial charge in [-0.1, -0.05) is 23.4 Å². The van der Waals surface area contributed by atoms with Gasteiger partial charge in [-0.2, -0.15) is 5.26 Å². The average Bonchev–Trinajstić information content (AvgIpc) is 2.34. The lowest BCUT2D eigenvalue weighted by Gasteiger charge is -2.05. The summed E-state index contributed by atoms with van der Waals surface area (Å²) in [5, 5.41) is 9.33. The van der Waals surface area contributed by atoms with E-state index in [9.17, 15) is 0 Å². The average molecular weight is 261 g/mol. The first-order valence-corrected chi connectivity index (χ1v) is 6.11. The normalized spacial score (nSPS) is 9.88. The molecular formula is C13H9ClN2S. The molecule has 0 aliphatic rings. The van der Waals surface area contributed by atoms with Crippen LogP contribution in [0.2, 0.25) is 5.02 Å². The minimum Gasteiger partial charge on any atom is -0.398 e. The number of nitrogens with zero attached hydrogens (tertiary/aromatic N) is 1. The summed E-state index contributed by atoms with van der Waals surface area (Å²) in [5.41, 5.74) is 7.18. The topological polar surface area (TPSA) is 49.8 Å². The molecule has 2 nitrogen and oxygen atoms in total. The minimum atomic E-state index is 0.631. The van der Waals surface area contributed by atoms with Crippen LogP contribution in [-0.4, -0.2) is 0 Å². The lowest BCUT2D eigenvalue weighted by atomic mass is 10.2. The van der Waals surface area contributed by atoms with Crippen molar-refractivity contribution in [1.29, 1.82) is 5.26 Å². The molecule has 0 spiro atoms. The number of nitrogen functional groups attached to an aromatic ring is 1. The van der Waals surface area contributed by atoms with Crippen molar-refractivity contribution >= 4 is 29.1 Å². The van der Waals surface area contributed by atoms with Crippen molar-refractivity contribution in [1.82, 2.24) is 0 Å². The maximum Gasteiger partial charge on any atom is 0.0991 e. The van der Waals surface area contributed by atoms with E-state index in [0.29, 0.717) is 16.3 Å². The highest BCUT2D eigenvalue weighted by Gasteiger charge is 2.02. The van der Waals surface area contributed by atoms with Crippen LogP contribution < -0.4 is 5.73 Å². The Morgan fingerprint density at radius 3 is 2.41 bits per heavy atom. The second-order valence-corrected chi connectivity index (χ2v) is 4.97. The van der Waals surface area contributed by atoms with Gasteiger partial charge in [0.05, 0.1) is 11.6 Å². The summed E-state index contributed by atoms with van der Waals surface area (Å²) in [7, 11) is 0. The van der Waals surface area contributed by atoms with E-state index < -0.39 is 0 Å². The maximum atomic E-state index is 8.70. The van der Waals surface area contributed by atoms with Crippen molar-refractivity contribution in [3.63, 3.8) is 0 Å². The first kappa shape index (κ1) is 11.8. The number of nitrogens with two attached hydrogens (primary N) is 1. The highest BCUT2D eigenvalue weighted by Crippen LogP contribution is 2.33. The Labute approximate surface area is 109 Å². The minimum absolute atomic E-state index is 0.631. The molecule has 2 N–H and O–H groups in total. The number of hydrogen-bond donors (Lipinski definition) is 1. The number of hydrogen-bond acceptors (Lipinski definition) is 3. The highest BCUT2D eigenvalue weighted by molar-refractivity contribution is 7.99. The standard InChI is InChI=1S/C13H9ClN2S/c14-10-3-6-13(12(16)7-10)17-11-4-1-9(8-15)2-5-11/h1-7H,16H2. The summed E-state index contributed by atoms with van der Waals surface area (Å²) in [6.07, 6.45) is 0. The molecule has 0 aliphatic heterocycles. The largest absolute Gasteiger partial charge is 0.398 e. The number of halogens is 1. The van der Waals surface area contributed by atoms with Gasteiger partial charge in [0.1, 0.15) is 0 Å². The Kier molecular flexibility index (Phi) is 3.58. The quantitative estimate of drug-likeness (QED) is 0.832. The van der Waals surface area contributed by atoms with Gasteiger partial charge >= 0.3 is 0 Å². The van der Waals surface area contributed by atoms with Gasteiger partial charge in [0.2, 0.25) is 0 Å². The van der Waals surface area contributed by atoms with Crippen molar-refractivity contribution < 1.29 is 0 Å². The molecule has 0 fully saturated rings. The third-order valence-corrected chi connectivity index (χ3v) is 3.52. The molecule has 0 heterocycles. The summed E-state index contributed by atoms with van der Waals surface area (Å²) in [6.45, 7) is 0. The van der Waals surface area contributed by atoms with Gasteiger partial charge in [0.15, 0.2) is 0 Å². The molecule has 17 heavy (non-hydrogen) atoms. The Morgan fingerprint density at radius 2 is 1.82 bits per heavy atom. The fourth-order valence-corrected chi connectivity index (χ4v) is 2.36. The van der Waals surface area contributed by atoms with E-state index in [1.807, 2.05) is 24.3 Å². The fraction of sp³-hybridized carbons (Fsp3) is 0. The van der Waals surface area contributed by atoms with E-state index in [2.05, 4.69) is 6.07 Å². The van der Waals surface area contributed by atoms with Crippen LogP contribution in [0.15, 0.2) is 52.3 Å². The number of anilines is 1. The molecule has 0 saturated heterocycles. The molecule has 0 unspecified atom stereocenters. The predicted octanol–water partition coefficient (Wildman–Crippen LogP) is 3.95. The zero-order valence-electron chi connectivity index (χ0n) is 8.85. The molecule has 0 amide bonds. The number of nitriles is 1. The maximum absolute atomic E-state index is 8.70. The molecule has 0 atom stereocenters. The van der Waals surface area contributed by atoms with Crippen LogP contribution in [0.4, 0.5) is 5.69 Å². The summed E-state index contributed by atoms with van der Waals surface area (Å²) in [5.74, 6) is 0. The second-order valence-electron chi connectivity index (χ2n) is 3.42. The summed E-state index contributed by atoms with van der Waals surface area (Å²) in [4.78, 5) is 2.00. The molecule has 84 valence electrons. The monoisotopic (exact) mass is 260 g/mol. The van der Waals surface area contributed by atoms with Gasteiger partial charge in [-0.05, 0) is 42.5 Å². The van der Waals surface area contributed by atoms with Crippen LogP contribution in [0.25, 0.3) is 0 Å². The van der Waals surface area contributed by atoms with E-state index in [1.54, 1.807) is 30.0 Å². The van der Waals surface area contributed by atoms with Gasteiger partial charge in [0, 0.05) is 20.5 Å². The SMILES string of the molecule is N#Cc1ccc(Sc2ccc(Cl)cc2N)cc1. The molecule has 2 aromatic carbocycles. The first-order chi connectivity index (χ1) is 8.19. The van der Waals surface area contributed by atoms with Crippen LogP contribution in [0.5, 0.6) is 0 Å². The molecule has 2 rings (SSSR count). The van der Waals surface area contributed by atoms with Gasteiger partial charge in [0.25, 0.3) is 0 Å². The van der Waals surface area contributed by atoms with Crippen LogP contribution in [0.3, 0.4) is 0 Å². The molecule has 0 saturated carbocycles. The molecule has 2 aromatic rings. The smallest absolute Gasteiger partial charge is 0.0991 e. The van der Waals surface area contributed by atoms with Gasteiger partial charge in [-0.3, -0.25) is 0 Å². The Balaban J connectivity index is 2.23. The van der Waals surface area contributed by atoms with Crippen molar-refractivity contribution in [2.75, 3.05) is 5.73 Å². The number of rotatable bonds is 2. The van der Waals surface area contributed by atoms with Gasteiger partial charge in [-0.25, -0.2) is 0 Å². The fourth-order valence-electron chi connectivity index (χ4n) is 1.34.